The first-order valence-corrected chi connectivity index (χ1v) is 14.6. The molecule has 0 saturated heterocycles. The Morgan fingerprint density at radius 2 is 1.07 bits per heavy atom. The Kier molecular flexibility index (Phi) is 5.20. The lowest BCUT2D eigenvalue weighted by atomic mass is 9.88. The van der Waals surface area contributed by atoms with Gasteiger partial charge in [-0.25, -0.2) is 0 Å². The molecule has 2 N–H and O–H groups in total. The molecule has 0 aliphatic rings. The summed E-state index contributed by atoms with van der Waals surface area (Å²) in [4.78, 5) is 0. The van der Waals surface area contributed by atoms with Gasteiger partial charge < -0.3 is 15.1 Å². The molecule has 0 aliphatic heterocycles. The smallest absolute Gasteiger partial charge is 0.143 e. The predicted octanol–water partition coefficient (Wildman–Crippen LogP) is 11.6. The van der Waals surface area contributed by atoms with Crippen LogP contribution in [0.1, 0.15) is 0 Å². The Hall–Kier alpha value is -5.80. The van der Waals surface area contributed by atoms with E-state index < -0.39 is 0 Å². The van der Waals surface area contributed by atoms with Gasteiger partial charge in [0.25, 0.3) is 0 Å². The van der Waals surface area contributed by atoms with Gasteiger partial charge in [-0.1, -0.05) is 103 Å². The molecule has 8 aromatic carbocycles. The average molecular weight is 551 g/mol. The molecule has 0 fully saturated rings. The third-order valence-corrected chi connectivity index (χ3v) is 8.57. The number of nitrogens with one attached hydrogen (secondary N) is 2. The predicted molar refractivity (Wildman–Crippen MR) is 182 cm³/mol. The molecule has 1 aromatic heterocycles. The highest BCUT2D eigenvalue weighted by Crippen LogP contribution is 2.47. The zero-order valence-electron chi connectivity index (χ0n) is 23.3. The van der Waals surface area contributed by atoms with Crippen molar-refractivity contribution < 1.29 is 4.42 Å². The van der Waals surface area contributed by atoms with Gasteiger partial charge in [0.15, 0.2) is 0 Å². The van der Waals surface area contributed by atoms with Gasteiger partial charge in [-0.15, -0.1) is 0 Å². The van der Waals surface area contributed by atoms with E-state index in [1.54, 1.807) is 0 Å². The van der Waals surface area contributed by atoms with Crippen molar-refractivity contribution in [3.63, 3.8) is 0 Å². The van der Waals surface area contributed by atoms with Crippen molar-refractivity contribution in [1.82, 2.24) is 0 Å². The minimum absolute atomic E-state index is 0.902. The SMILES string of the molecule is c1ccc(Nc2ccc3ccc4c(Nc5ccccc5)c(-c5cccc6c5oc5ccccc56)cc5ccc2c3c54)cc1. The fraction of sp³-hybridized carbons (Fsp3) is 0. The standard InChI is InChI=1S/C40H26N2O/c1-3-10-27(11-4-1)41-35-23-20-25-18-22-33-38-26(19-21-32(35)37(25)38)24-34(39(33)42-28-12-5-2-6-13-28)31-16-9-15-30-29-14-7-8-17-36(29)43-40(30)31/h1-24,41-42H. The Balaban J connectivity index is 1.35. The number of para-hydroxylation sites is 4. The van der Waals surface area contributed by atoms with Gasteiger partial charge in [0.1, 0.15) is 11.2 Å². The van der Waals surface area contributed by atoms with Crippen molar-refractivity contribution in [2.24, 2.45) is 0 Å². The summed E-state index contributed by atoms with van der Waals surface area (Å²) in [5.74, 6) is 0. The maximum atomic E-state index is 6.53. The summed E-state index contributed by atoms with van der Waals surface area (Å²) in [6.07, 6.45) is 0. The number of furan rings is 1. The lowest BCUT2D eigenvalue weighted by Gasteiger charge is -2.21. The summed E-state index contributed by atoms with van der Waals surface area (Å²) in [7, 11) is 0. The summed E-state index contributed by atoms with van der Waals surface area (Å²) in [6.45, 7) is 0. The lowest BCUT2D eigenvalue weighted by molar-refractivity contribution is 0.670. The minimum Gasteiger partial charge on any atom is -0.455 e. The zero-order valence-corrected chi connectivity index (χ0v) is 23.3. The van der Waals surface area contributed by atoms with Gasteiger partial charge in [0.05, 0.1) is 5.69 Å². The van der Waals surface area contributed by atoms with E-state index in [1.807, 2.05) is 24.3 Å². The highest BCUT2D eigenvalue weighted by Gasteiger charge is 2.20. The summed E-state index contributed by atoms with van der Waals surface area (Å²) in [6, 6.07) is 51.3. The number of anilines is 4. The van der Waals surface area contributed by atoms with Crippen molar-refractivity contribution in [3.05, 3.63) is 146 Å². The number of benzene rings is 8. The largest absolute Gasteiger partial charge is 0.455 e. The van der Waals surface area contributed by atoms with Gasteiger partial charge >= 0.3 is 0 Å². The van der Waals surface area contributed by atoms with E-state index in [1.165, 1.54) is 32.3 Å². The molecule has 0 spiro atoms. The van der Waals surface area contributed by atoms with Crippen LogP contribution in [0, 0.1) is 0 Å². The van der Waals surface area contributed by atoms with Gasteiger partial charge in [0.2, 0.25) is 0 Å². The molecule has 3 heteroatoms. The maximum Gasteiger partial charge on any atom is 0.143 e. The van der Waals surface area contributed by atoms with Crippen LogP contribution < -0.4 is 10.6 Å². The van der Waals surface area contributed by atoms with Crippen molar-refractivity contribution in [2.75, 3.05) is 10.6 Å². The van der Waals surface area contributed by atoms with E-state index >= 15 is 0 Å². The van der Waals surface area contributed by atoms with Crippen LogP contribution in [-0.2, 0) is 0 Å². The highest BCUT2D eigenvalue weighted by molar-refractivity contribution is 6.29. The molecule has 0 amide bonds. The van der Waals surface area contributed by atoms with E-state index in [4.69, 9.17) is 4.42 Å². The van der Waals surface area contributed by atoms with Crippen molar-refractivity contribution >= 4 is 77.0 Å². The van der Waals surface area contributed by atoms with Crippen LogP contribution in [0.4, 0.5) is 22.7 Å². The lowest BCUT2D eigenvalue weighted by Crippen LogP contribution is -1.98. The number of fused-ring (bicyclic) bond motifs is 3. The van der Waals surface area contributed by atoms with Crippen LogP contribution in [0.3, 0.4) is 0 Å². The fourth-order valence-electron chi connectivity index (χ4n) is 6.63. The molecule has 9 rings (SSSR count). The van der Waals surface area contributed by atoms with Gasteiger partial charge in [-0.3, -0.25) is 0 Å². The molecule has 3 nitrogen and oxygen atoms in total. The molecule has 0 atom stereocenters. The molecular formula is C40H26N2O. The summed E-state index contributed by atoms with van der Waals surface area (Å²) in [5, 5.41) is 17.1. The Labute approximate surface area is 248 Å². The summed E-state index contributed by atoms with van der Waals surface area (Å²) < 4.78 is 6.53. The second-order valence-corrected chi connectivity index (χ2v) is 11.1. The fourth-order valence-corrected chi connectivity index (χ4v) is 6.63. The highest BCUT2D eigenvalue weighted by atomic mass is 16.3. The second kappa shape index (κ2) is 9.37. The number of rotatable bonds is 5. The molecular weight excluding hydrogens is 524 g/mol. The van der Waals surface area contributed by atoms with Crippen LogP contribution in [0.25, 0.3) is 65.4 Å². The Morgan fingerprint density at radius 3 is 1.91 bits per heavy atom. The van der Waals surface area contributed by atoms with Crippen molar-refractivity contribution in [3.8, 4) is 11.1 Å². The van der Waals surface area contributed by atoms with Crippen LogP contribution >= 0.6 is 0 Å². The molecule has 0 unspecified atom stereocenters. The monoisotopic (exact) mass is 550 g/mol. The minimum atomic E-state index is 0.902. The molecule has 0 aliphatic carbocycles. The number of hydrogen-bond donors (Lipinski definition) is 2. The van der Waals surface area contributed by atoms with Crippen LogP contribution in [0.2, 0.25) is 0 Å². The molecule has 43 heavy (non-hydrogen) atoms. The molecule has 0 radical (unpaired) electrons. The van der Waals surface area contributed by atoms with E-state index in [0.717, 1.165) is 55.8 Å². The van der Waals surface area contributed by atoms with Gasteiger partial charge in [-0.05, 0) is 64.0 Å². The topological polar surface area (TPSA) is 37.2 Å². The zero-order chi connectivity index (χ0) is 28.3. The molecule has 1 heterocycles. The van der Waals surface area contributed by atoms with E-state index in [2.05, 4.69) is 132 Å². The van der Waals surface area contributed by atoms with E-state index in [-0.39, 0.29) is 0 Å². The van der Waals surface area contributed by atoms with Crippen LogP contribution in [0.15, 0.2) is 150 Å². The quantitative estimate of drug-likeness (QED) is 0.209. The third-order valence-electron chi connectivity index (χ3n) is 8.57. The summed E-state index contributed by atoms with van der Waals surface area (Å²) >= 11 is 0. The van der Waals surface area contributed by atoms with Gasteiger partial charge in [0, 0.05) is 49.7 Å². The Bertz CT molecular complexity index is 2440. The second-order valence-electron chi connectivity index (χ2n) is 11.1. The van der Waals surface area contributed by atoms with Crippen molar-refractivity contribution in [2.45, 2.75) is 0 Å². The first-order valence-electron chi connectivity index (χ1n) is 14.6. The first kappa shape index (κ1) is 23.9. The molecule has 0 bridgehead atoms. The maximum absolute atomic E-state index is 6.53. The van der Waals surface area contributed by atoms with Crippen LogP contribution in [-0.4, -0.2) is 0 Å². The first-order chi connectivity index (χ1) is 21.3. The van der Waals surface area contributed by atoms with Gasteiger partial charge in [-0.2, -0.15) is 0 Å². The van der Waals surface area contributed by atoms with Crippen molar-refractivity contribution in [1.29, 1.82) is 0 Å². The number of hydrogen-bond acceptors (Lipinski definition) is 3. The van der Waals surface area contributed by atoms with E-state index in [9.17, 15) is 0 Å². The molecule has 202 valence electrons. The third kappa shape index (κ3) is 3.75. The molecule has 9 aromatic rings. The van der Waals surface area contributed by atoms with Crippen LogP contribution in [0.5, 0.6) is 0 Å². The normalized spacial score (nSPS) is 11.7. The molecule has 0 saturated carbocycles. The summed E-state index contributed by atoms with van der Waals surface area (Å²) in [5.41, 5.74) is 8.28. The Morgan fingerprint density at radius 1 is 0.419 bits per heavy atom. The average Bonchev–Trinajstić information content (AvgIpc) is 3.45. The van der Waals surface area contributed by atoms with E-state index in [0.29, 0.717) is 0 Å².